The van der Waals surface area contributed by atoms with Gasteiger partial charge < -0.3 is 4.90 Å². The summed E-state index contributed by atoms with van der Waals surface area (Å²) >= 11 is 0. The number of nitrogens with zero attached hydrogens (tertiary/aromatic N) is 1. The van der Waals surface area contributed by atoms with E-state index in [2.05, 4.69) is 18.7 Å². The van der Waals surface area contributed by atoms with E-state index in [-0.39, 0.29) is 0 Å². The summed E-state index contributed by atoms with van der Waals surface area (Å²) in [6, 6.07) is 0. The quantitative estimate of drug-likeness (QED) is 0.544. The Bertz CT molecular complexity index is 50.9. The van der Waals surface area contributed by atoms with Gasteiger partial charge >= 0.3 is 0 Å². The highest BCUT2D eigenvalue weighted by atomic mass is 15.1. The molecule has 0 aliphatic carbocycles. The molecule has 0 aromatic carbocycles. The van der Waals surface area contributed by atoms with Crippen molar-refractivity contribution in [2.24, 2.45) is 0 Å². The van der Waals surface area contributed by atoms with Gasteiger partial charge in [-0.2, -0.15) is 0 Å². The number of nitrogens with one attached hydrogen (secondary N) is 1. The first-order chi connectivity index (χ1) is 4.35. The zero-order chi connectivity index (χ0) is 7.11. The predicted octanol–water partition coefficient (Wildman–Crippen LogP) is 1.00. The van der Waals surface area contributed by atoms with Crippen molar-refractivity contribution in [3.05, 3.63) is 0 Å². The molecule has 0 heterocycles. The van der Waals surface area contributed by atoms with Crippen LogP contribution in [-0.2, 0) is 0 Å². The molecule has 2 nitrogen and oxygen atoms in total. The van der Waals surface area contributed by atoms with E-state index in [9.17, 15) is 0 Å². The van der Waals surface area contributed by atoms with Gasteiger partial charge in [-0.15, -0.1) is 0 Å². The first kappa shape index (κ1) is 8.92. The van der Waals surface area contributed by atoms with Crippen LogP contribution in [0.5, 0.6) is 0 Å². The normalized spacial score (nSPS) is 10.7. The Morgan fingerprint density at radius 1 is 1.22 bits per heavy atom. The van der Waals surface area contributed by atoms with Gasteiger partial charge in [0.15, 0.2) is 0 Å². The first-order valence-corrected chi connectivity index (χ1v) is 3.72. The molecule has 0 amide bonds. The van der Waals surface area contributed by atoms with E-state index in [1.54, 1.807) is 0 Å². The molecule has 9 heavy (non-hydrogen) atoms. The van der Waals surface area contributed by atoms with Gasteiger partial charge in [0, 0.05) is 6.54 Å². The third-order valence-electron chi connectivity index (χ3n) is 1.55. The van der Waals surface area contributed by atoms with Crippen molar-refractivity contribution in [2.45, 2.75) is 20.3 Å². The van der Waals surface area contributed by atoms with Gasteiger partial charge in [0.05, 0.1) is 0 Å². The van der Waals surface area contributed by atoms with Crippen LogP contribution < -0.4 is 5.73 Å². The van der Waals surface area contributed by atoms with Crippen molar-refractivity contribution < 1.29 is 0 Å². The molecule has 0 bridgehead atoms. The van der Waals surface area contributed by atoms with Crippen molar-refractivity contribution in [2.75, 3.05) is 26.2 Å². The molecule has 0 fully saturated rings. The fraction of sp³-hybridized carbons (Fsp3) is 1.00. The van der Waals surface area contributed by atoms with Crippen molar-refractivity contribution in [3.63, 3.8) is 0 Å². The van der Waals surface area contributed by atoms with Crippen LogP contribution in [0.3, 0.4) is 0 Å². The zero-order valence-corrected chi connectivity index (χ0v) is 6.48. The van der Waals surface area contributed by atoms with Crippen molar-refractivity contribution in [1.82, 2.24) is 10.6 Å². The third-order valence-corrected chi connectivity index (χ3v) is 1.55. The minimum atomic E-state index is 0.566. The minimum Gasteiger partial charge on any atom is -0.304 e. The first-order valence-electron chi connectivity index (χ1n) is 3.72. The van der Waals surface area contributed by atoms with Crippen LogP contribution >= 0.6 is 0 Å². The summed E-state index contributed by atoms with van der Waals surface area (Å²) in [5.41, 5.74) is 6.92. The molecule has 0 saturated carbocycles. The number of hydrogen-bond acceptors (Lipinski definition) is 1. The van der Waals surface area contributed by atoms with Gasteiger partial charge in [0.2, 0.25) is 0 Å². The van der Waals surface area contributed by atoms with Crippen LogP contribution in [0, 0.1) is 0 Å². The highest BCUT2D eigenvalue weighted by Crippen LogP contribution is 1.87. The van der Waals surface area contributed by atoms with Gasteiger partial charge in [0.25, 0.3) is 0 Å². The van der Waals surface area contributed by atoms with Gasteiger partial charge in [-0.3, -0.25) is 5.73 Å². The Morgan fingerprint density at radius 3 is 2.11 bits per heavy atom. The highest BCUT2D eigenvalue weighted by molar-refractivity contribution is 4.51. The van der Waals surface area contributed by atoms with E-state index in [1.165, 1.54) is 0 Å². The summed E-state index contributed by atoms with van der Waals surface area (Å²) in [7, 11) is 0. The Morgan fingerprint density at radius 2 is 1.78 bits per heavy atom. The standard InChI is InChI=1S/C7H17N2/c1-3-9(4-2)7-5-6-8/h8H,3-7H2,1-2H3. The van der Waals surface area contributed by atoms with Crippen LogP contribution in [-0.4, -0.2) is 31.1 Å². The smallest absolute Gasteiger partial charge is 0.0112 e. The van der Waals surface area contributed by atoms with Gasteiger partial charge in [0.1, 0.15) is 0 Å². The maximum Gasteiger partial charge on any atom is 0.0112 e. The van der Waals surface area contributed by atoms with Crippen LogP contribution in [0.15, 0.2) is 0 Å². The summed E-state index contributed by atoms with van der Waals surface area (Å²) in [6.45, 7) is 8.22. The average Bonchev–Trinajstić information content (AvgIpc) is 1.91. The molecule has 0 spiro atoms. The van der Waals surface area contributed by atoms with Crippen LogP contribution in [0.25, 0.3) is 0 Å². The van der Waals surface area contributed by atoms with Crippen molar-refractivity contribution >= 4 is 0 Å². The summed E-state index contributed by atoms with van der Waals surface area (Å²) in [6.07, 6.45) is 1.02. The maximum atomic E-state index is 6.92. The van der Waals surface area contributed by atoms with Gasteiger partial charge in [-0.05, 0) is 26.1 Å². The topological polar surface area (TPSA) is 27.0 Å². The summed E-state index contributed by atoms with van der Waals surface area (Å²) in [5, 5.41) is 0. The van der Waals surface area contributed by atoms with E-state index in [0.29, 0.717) is 6.54 Å². The molecule has 55 valence electrons. The third kappa shape index (κ3) is 4.43. The van der Waals surface area contributed by atoms with Crippen molar-refractivity contribution in [3.8, 4) is 0 Å². The molecule has 1 radical (unpaired) electrons. The van der Waals surface area contributed by atoms with E-state index < -0.39 is 0 Å². The molecule has 0 aromatic heterocycles. The molecular formula is C7H17N2. The predicted molar refractivity (Wildman–Crippen MR) is 40.4 cm³/mol. The largest absolute Gasteiger partial charge is 0.304 e. The second-order valence-corrected chi connectivity index (χ2v) is 2.13. The van der Waals surface area contributed by atoms with E-state index in [1.807, 2.05) is 0 Å². The summed E-state index contributed by atoms with van der Waals surface area (Å²) in [4.78, 5) is 2.34. The molecule has 0 aliphatic rings. The Balaban J connectivity index is 3.09. The molecular weight excluding hydrogens is 112 g/mol. The van der Waals surface area contributed by atoms with Crippen molar-refractivity contribution in [1.29, 1.82) is 0 Å². The second-order valence-electron chi connectivity index (χ2n) is 2.13. The summed E-state index contributed by atoms with van der Waals surface area (Å²) < 4.78 is 0. The van der Waals surface area contributed by atoms with E-state index >= 15 is 0 Å². The molecule has 0 rings (SSSR count). The molecule has 1 N–H and O–H groups in total. The second kappa shape index (κ2) is 6.05. The molecule has 0 unspecified atom stereocenters. The number of rotatable bonds is 5. The SMILES string of the molecule is CCN(CC)CCC[NH]. The highest BCUT2D eigenvalue weighted by Gasteiger charge is 1.94. The lowest BCUT2D eigenvalue weighted by Crippen LogP contribution is -2.24. The molecule has 0 atom stereocenters. The van der Waals surface area contributed by atoms with Crippen LogP contribution in [0.2, 0.25) is 0 Å². The van der Waals surface area contributed by atoms with Gasteiger partial charge in [-0.25, -0.2) is 0 Å². The molecule has 0 aromatic rings. The molecule has 0 saturated heterocycles. The van der Waals surface area contributed by atoms with Gasteiger partial charge in [-0.1, -0.05) is 13.8 Å². The minimum absolute atomic E-state index is 0.566. The fourth-order valence-electron chi connectivity index (χ4n) is 0.842. The maximum absolute atomic E-state index is 6.92. The lowest BCUT2D eigenvalue weighted by Gasteiger charge is -2.16. The number of hydrogen-bond donors (Lipinski definition) is 0. The Hall–Kier alpha value is -0.0800. The monoisotopic (exact) mass is 129 g/mol. The Labute approximate surface area is 58.0 Å². The fourth-order valence-corrected chi connectivity index (χ4v) is 0.842. The Kier molecular flexibility index (Phi) is 5.99. The lowest BCUT2D eigenvalue weighted by molar-refractivity contribution is 0.301. The lowest BCUT2D eigenvalue weighted by atomic mass is 10.4. The average molecular weight is 129 g/mol. The van der Waals surface area contributed by atoms with Crippen LogP contribution in [0.4, 0.5) is 0 Å². The zero-order valence-electron chi connectivity index (χ0n) is 6.48. The summed E-state index contributed by atoms with van der Waals surface area (Å²) in [5.74, 6) is 0. The molecule has 0 aliphatic heterocycles. The van der Waals surface area contributed by atoms with E-state index in [0.717, 1.165) is 26.1 Å². The van der Waals surface area contributed by atoms with E-state index in [4.69, 9.17) is 5.73 Å². The van der Waals surface area contributed by atoms with Crippen LogP contribution in [0.1, 0.15) is 20.3 Å². The molecule has 2 heteroatoms.